The molecule has 1 N–H and O–H groups in total. The second kappa shape index (κ2) is 20.5. The second-order valence-electron chi connectivity index (χ2n) is 14.6. The summed E-state index contributed by atoms with van der Waals surface area (Å²) in [6.45, 7) is 8.74. The van der Waals surface area contributed by atoms with E-state index in [1.807, 2.05) is 104 Å². The molecule has 0 saturated carbocycles. The first-order valence-electron chi connectivity index (χ1n) is 20.5. The van der Waals surface area contributed by atoms with Gasteiger partial charge in [-0.1, -0.05) is 98.6 Å². The number of nitrogens with zero attached hydrogens (tertiary/aromatic N) is 2. The van der Waals surface area contributed by atoms with Gasteiger partial charge in [-0.2, -0.15) is 0 Å². The lowest BCUT2D eigenvalue weighted by Crippen LogP contribution is -2.07. The molecule has 8 nitrogen and oxygen atoms in total. The van der Waals surface area contributed by atoms with Crippen molar-refractivity contribution in [1.29, 1.82) is 0 Å². The highest BCUT2D eigenvalue weighted by Crippen LogP contribution is 2.37. The van der Waals surface area contributed by atoms with Gasteiger partial charge in [-0.15, -0.1) is 0 Å². The first-order valence-corrected chi connectivity index (χ1v) is 22.1. The molecular formula is C53H46Br2N2O6. The highest BCUT2D eigenvalue weighted by atomic mass is 79.9. The molecule has 0 spiro atoms. The summed E-state index contributed by atoms with van der Waals surface area (Å²) >= 11 is 7.08. The number of phenols is 1. The standard InChI is InChI=1S/C33H28BrNO3.C20H18BrNO3/c1-3-37-33(36)27-10-7-11-29(20-27)35-23(2)12-18-31(35)30-21-28(34)17-19-32(30)38-22-24-13-15-26(16-14-24)25-8-5-4-6-9-25;1-3-25-20(24)14-5-4-6-16(11-14)22-13(2)7-9-18(22)17-12-15(21)8-10-19(17)23/h4-21H,3,22H2,1-2H3;4-12,23H,3H2,1-2H3. The quantitative estimate of drug-likeness (QED) is 0.123. The number of aromatic hydroxyl groups is 1. The van der Waals surface area contributed by atoms with E-state index in [-0.39, 0.29) is 17.7 Å². The number of aryl methyl sites for hydroxylation is 2. The number of carbonyl (C=O) groups is 2. The maximum absolute atomic E-state index is 12.4. The zero-order valence-electron chi connectivity index (χ0n) is 35.3. The molecule has 0 unspecified atom stereocenters. The average Bonchev–Trinajstić information content (AvgIpc) is 3.89. The molecule has 2 heterocycles. The fourth-order valence-electron chi connectivity index (χ4n) is 7.28. The normalized spacial score (nSPS) is 10.8. The Kier molecular flexibility index (Phi) is 14.5. The minimum absolute atomic E-state index is 0.198. The van der Waals surface area contributed by atoms with Gasteiger partial charge < -0.3 is 28.5 Å². The van der Waals surface area contributed by atoms with Gasteiger partial charge in [-0.05, 0) is 141 Å². The van der Waals surface area contributed by atoms with Crippen LogP contribution in [0.1, 0.15) is 51.5 Å². The molecule has 318 valence electrons. The van der Waals surface area contributed by atoms with E-state index in [9.17, 15) is 14.7 Å². The van der Waals surface area contributed by atoms with Crippen molar-refractivity contribution in [3.8, 4) is 56.5 Å². The van der Waals surface area contributed by atoms with Crippen LogP contribution in [0, 0.1) is 13.8 Å². The van der Waals surface area contributed by atoms with E-state index in [1.54, 1.807) is 37.3 Å². The molecule has 0 amide bonds. The van der Waals surface area contributed by atoms with Gasteiger partial charge in [0.2, 0.25) is 0 Å². The Bertz CT molecular complexity index is 2860. The molecule has 0 radical (unpaired) electrons. The van der Waals surface area contributed by atoms with Crippen molar-refractivity contribution < 1.29 is 28.9 Å². The van der Waals surface area contributed by atoms with Crippen molar-refractivity contribution in [2.75, 3.05) is 13.2 Å². The molecule has 0 aliphatic carbocycles. The lowest BCUT2D eigenvalue weighted by molar-refractivity contribution is 0.0516. The van der Waals surface area contributed by atoms with Gasteiger partial charge in [0.05, 0.1) is 35.7 Å². The molecule has 6 aromatic carbocycles. The van der Waals surface area contributed by atoms with Crippen LogP contribution in [0.15, 0.2) is 173 Å². The van der Waals surface area contributed by atoms with E-state index in [4.69, 9.17) is 14.2 Å². The van der Waals surface area contributed by atoms with Gasteiger partial charge in [0, 0.05) is 42.8 Å². The molecule has 0 aliphatic heterocycles. The maximum atomic E-state index is 12.4. The van der Waals surface area contributed by atoms with E-state index in [0.29, 0.717) is 36.5 Å². The molecular weight excluding hydrogens is 920 g/mol. The lowest BCUT2D eigenvalue weighted by Gasteiger charge is -2.17. The number of hydrogen-bond acceptors (Lipinski definition) is 6. The van der Waals surface area contributed by atoms with Crippen LogP contribution >= 0.6 is 31.9 Å². The number of esters is 2. The van der Waals surface area contributed by atoms with Crippen LogP contribution in [0.3, 0.4) is 0 Å². The number of phenolic OH excluding ortho intramolecular Hbond substituents is 1. The van der Waals surface area contributed by atoms with Crippen molar-refractivity contribution in [2.45, 2.75) is 34.3 Å². The van der Waals surface area contributed by atoms with E-state index in [1.165, 1.54) is 11.1 Å². The van der Waals surface area contributed by atoms with Gasteiger partial charge in [0.15, 0.2) is 0 Å². The monoisotopic (exact) mass is 964 g/mol. The fraction of sp³-hybridized carbons (Fsp3) is 0.132. The van der Waals surface area contributed by atoms with Gasteiger partial charge in [0.25, 0.3) is 0 Å². The summed E-state index contributed by atoms with van der Waals surface area (Å²) in [6, 6.07) is 53.0. The first-order chi connectivity index (χ1) is 30.5. The minimum Gasteiger partial charge on any atom is -0.507 e. The number of halogens is 2. The van der Waals surface area contributed by atoms with Crippen LogP contribution in [-0.2, 0) is 16.1 Å². The third-order valence-electron chi connectivity index (χ3n) is 10.3. The number of benzene rings is 6. The van der Waals surface area contributed by atoms with Crippen LogP contribution in [-0.4, -0.2) is 39.4 Å². The predicted molar refractivity (Wildman–Crippen MR) is 257 cm³/mol. The Morgan fingerprint density at radius 3 is 1.60 bits per heavy atom. The summed E-state index contributed by atoms with van der Waals surface area (Å²) in [5.41, 5.74) is 11.7. The molecule has 0 atom stereocenters. The smallest absolute Gasteiger partial charge is 0.338 e. The van der Waals surface area contributed by atoms with Crippen LogP contribution in [0.2, 0.25) is 0 Å². The molecule has 63 heavy (non-hydrogen) atoms. The van der Waals surface area contributed by atoms with E-state index in [0.717, 1.165) is 60.0 Å². The van der Waals surface area contributed by atoms with Gasteiger partial charge in [-0.3, -0.25) is 0 Å². The summed E-state index contributed by atoms with van der Waals surface area (Å²) in [5.74, 6) is 0.303. The van der Waals surface area contributed by atoms with Crippen LogP contribution in [0.5, 0.6) is 11.5 Å². The Morgan fingerprint density at radius 2 is 1.05 bits per heavy atom. The summed E-state index contributed by atoms with van der Waals surface area (Å²) < 4.78 is 22.6. The van der Waals surface area contributed by atoms with Crippen molar-refractivity contribution in [3.63, 3.8) is 0 Å². The van der Waals surface area contributed by atoms with Crippen molar-refractivity contribution in [2.24, 2.45) is 0 Å². The molecule has 0 saturated heterocycles. The number of rotatable bonds is 12. The van der Waals surface area contributed by atoms with E-state index in [2.05, 4.69) is 91.0 Å². The second-order valence-corrected chi connectivity index (χ2v) is 16.4. The largest absolute Gasteiger partial charge is 0.507 e. The topological polar surface area (TPSA) is 91.9 Å². The number of ether oxygens (including phenoxy) is 3. The predicted octanol–water partition coefficient (Wildman–Crippen LogP) is 13.7. The zero-order valence-corrected chi connectivity index (χ0v) is 38.5. The first kappa shape index (κ1) is 44.4. The lowest BCUT2D eigenvalue weighted by atomic mass is 10.0. The fourth-order valence-corrected chi connectivity index (χ4v) is 8.00. The van der Waals surface area contributed by atoms with E-state index < -0.39 is 0 Å². The van der Waals surface area contributed by atoms with Crippen molar-refractivity contribution in [1.82, 2.24) is 9.13 Å². The summed E-state index contributed by atoms with van der Waals surface area (Å²) in [7, 11) is 0. The minimum atomic E-state index is -0.346. The number of carbonyl (C=O) groups excluding carboxylic acids is 2. The SMILES string of the molecule is CCOC(=O)c1cccc(-n2c(C)ccc2-c2cc(Br)ccc2O)c1.CCOC(=O)c1cccc(-n2c(C)ccc2-c2cc(Br)ccc2OCc2ccc(-c3ccccc3)cc2)c1. The summed E-state index contributed by atoms with van der Waals surface area (Å²) in [5, 5.41) is 10.3. The summed E-state index contributed by atoms with van der Waals surface area (Å²) in [4.78, 5) is 24.4. The highest BCUT2D eigenvalue weighted by molar-refractivity contribution is 9.10. The van der Waals surface area contributed by atoms with Crippen molar-refractivity contribution >= 4 is 43.8 Å². The molecule has 0 fully saturated rings. The molecule has 0 aliphatic rings. The van der Waals surface area contributed by atoms with Crippen LogP contribution in [0.25, 0.3) is 45.0 Å². The molecule has 10 heteroatoms. The number of hydrogen-bond donors (Lipinski definition) is 1. The van der Waals surface area contributed by atoms with Gasteiger partial charge >= 0.3 is 11.9 Å². The Balaban J connectivity index is 0.000000206. The highest BCUT2D eigenvalue weighted by Gasteiger charge is 2.18. The Morgan fingerprint density at radius 1 is 0.540 bits per heavy atom. The Hall–Kier alpha value is -6.62. The average molecular weight is 967 g/mol. The van der Waals surface area contributed by atoms with Gasteiger partial charge in [-0.25, -0.2) is 9.59 Å². The molecule has 0 bridgehead atoms. The molecule has 8 rings (SSSR count). The van der Waals surface area contributed by atoms with Crippen molar-refractivity contribution in [3.05, 3.63) is 201 Å². The molecule has 2 aromatic heterocycles. The maximum Gasteiger partial charge on any atom is 0.338 e. The van der Waals surface area contributed by atoms with Crippen LogP contribution in [0.4, 0.5) is 0 Å². The van der Waals surface area contributed by atoms with Gasteiger partial charge in [0.1, 0.15) is 18.1 Å². The molecule has 8 aromatic rings. The number of aromatic nitrogens is 2. The third kappa shape index (κ3) is 10.5. The zero-order chi connectivity index (χ0) is 44.5. The van der Waals surface area contributed by atoms with E-state index >= 15 is 0 Å². The summed E-state index contributed by atoms with van der Waals surface area (Å²) in [6.07, 6.45) is 0. The van der Waals surface area contributed by atoms with Crippen LogP contribution < -0.4 is 4.74 Å². The third-order valence-corrected chi connectivity index (χ3v) is 11.3. The Labute approximate surface area is 384 Å².